The smallest absolute Gasteiger partial charge is 0.251 e. The molecule has 1 aliphatic carbocycles. The van der Waals surface area contributed by atoms with Gasteiger partial charge in [-0.05, 0) is 71.8 Å². The zero-order chi connectivity index (χ0) is 25.9. The Morgan fingerprint density at radius 3 is 2.63 bits per heavy atom. The first-order valence-corrected chi connectivity index (χ1v) is 14.2. The number of nitrogens with zero attached hydrogens (tertiary/aromatic N) is 3. The van der Waals surface area contributed by atoms with Crippen LogP contribution in [-0.2, 0) is 18.7 Å². The average molecular weight is 539 g/mol. The number of fused-ring (bicyclic) bond motifs is 2. The molecule has 2 heterocycles. The minimum atomic E-state index is -0.0326. The van der Waals surface area contributed by atoms with Crippen LogP contribution in [0.1, 0.15) is 51.5 Å². The lowest BCUT2D eigenvalue weighted by molar-refractivity contribution is 0.0932. The predicted octanol–water partition coefficient (Wildman–Crippen LogP) is 7.23. The zero-order valence-corrected chi connectivity index (χ0v) is 22.4. The summed E-state index contributed by atoms with van der Waals surface area (Å²) in [4.78, 5) is 22.3. The van der Waals surface area contributed by atoms with Crippen molar-refractivity contribution in [3.63, 3.8) is 0 Å². The number of thioether (sulfide) groups is 1. The van der Waals surface area contributed by atoms with Crippen molar-refractivity contribution in [3.05, 3.63) is 124 Å². The molecule has 0 fully saturated rings. The normalized spacial score (nSPS) is 14.8. The summed E-state index contributed by atoms with van der Waals surface area (Å²) >= 11 is 7.73. The van der Waals surface area contributed by atoms with Crippen molar-refractivity contribution in [3.8, 4) is 0 Å². The summed E-state index contributed by atoms with van der Waals surface area (Å²) in [6.45, 7) is 0.642. The zero-order valence-electron chi connectivity index (χ0n) is 20.8. The molecule has 1 aliphatic rings. The lowest BCUT2D eigenvalue weighted by Gasteiger charge is -2.26. The molecule has 5 nitrogen and oxygen atoms in total. The number of rotatable bonds is 7. The van der Waals surface area contributed by atoms with E-state index in [1.165, 1.54) is 16.7 Å². The number of pyridine rings is 1. The number of carbonyl (C=O) groups is 1. The van der Waals surface area contributed by atoms with Gasteiger partial charge in [0.15, 0.2) is 5.16 Å². The molecular weight excluding hydrogens is 512 g/mol. The van der Waals surface area contributed by atoms with Gasteiger partial charge >= 0.3 is 0 Å². The van der Waals surface area contributed by atoms with Gasteiger partial charge in [-0.2, -0.15) is 0 Å². The molecule has 5 aromatic rings. The van der Waals surface area contributed by atoms with Gasteiger partial charge in [-0.15, -0.1) is 0 Å². The highest BCUT2D eigenvalue weighted by atomic mass is 35.5. The van der Waals surface area contributed by atoms with Crippen LogP contribution >= 0.6 is 23.4 Å². The van der Waals surface area contributed by atoms with E-state index < -0.39 is 0 Å². The Kier molecular flexibility index (Phi) is 7.16. The second kappa shape index (κ2) is 11.0. The predicted molar refractivity (Wildman–Crippen MR) is 154 cm³/mol. The number of amides is 1. The van der Waals surface area contributed by atoms with E-state index in [1.54, 1.807) is 18.0 Å². The molecule has 6 rings (SSSR count). The van der Waals surface area contributed by atoms with Gasteiger partial charge in [0, 0.05) is 22.5 Å². The van der Waals surface area contributed by atoms with E-state index in [4.69, 9.17) is 16.6 Å². The number of aryl methyl sites for hydroxylation is 1. The number of benzene rings is 3. The summed E-state index contributed by atoms with van der Waals surface area (Å²) in [6, 6.07) is 26.2. The topological polar surface area (TPSA) is 59.8 Å². The van der Waals surface area contributed by atoms with Gasteiger partial charge in [0.25, 0.3) is 5.91 Å². The summed E-state index contributed by atoms with van der Waals surface area (Å²) in [5, 5.41) is 4.92. The largest absolute Gasteiger partial charge is 0.345 e. The molecule has 3 aromatic carbocycles. The van der Waals surface area contributed by atoms with Crippen molar-refractivity contribution in [2.24, 2.45) is 0 Å². The second-order valence-corrected chi connectivity index (χ2v) is 11.0. The molecule has 0 bridgehead atoms. The maximum absolute atomic E-state index is 13.1. The molecule has 38 heavy (non-hydrogen) atoms. The standard InChI is InChI=1S/C31H27ClN4OS/c32-25-14-10-22(11-15-25)20-38-31-35-28-16-17-33-18-29(28)36(31)19-21-8-12-24(13-9-21)30(37)34-27-7-3-5-23-4-1-2-6-26(23)27/h1-2,4,6,8-18,27H,3,5,7,19-20H2,(H,34,37). The fourth-order valence-corrected chi connectivity index (χ4v) is 6.12. The highest BCUT2D eigenvalue weighted by molar-refractivity contribution is 7.98. The first-order valence-electron chi connectivity index (χ1n) is 12.8. The van der Waals surface area contributed by atoms with E-state index in [0.717, 1.165) is 51.8 Å². The number of imidazole rings is 1. The van der Waals surface area contributed by atoms with Crippen molar-refractivity contribution in [1.29, 1.82) is 0 Å². The lowest BCUT2D eigenvalue weighted by Crippen LogP contribution is -2.30. The molecule has 1 unspecified atom stereocenters. The van der Waals surface area contributed by atoms with E-state index >= 15 is 0 Å². The fraction of sp³-hybridized carbons (Fsp3) is 0.194. The Morgan fingerprint density at radius 2 is 1.79 bits per heavy atom. The average Bonchev–Trinajstić information content (AvgIpc) is 3.30. The van der Waals surface area contributed by atoms with Gasteiger partial charge in [0.2, 0.25) is 0 Å². The van der Waals surface area contributed by atoms with E-state index in [0.29, 0.717) is 12.1 Å². The van der Waals surface area contributed by atoms with E-state index in [1.807, 2.05) is 60.8 Å². The van der Waals surface area contributed by atoms with Crippen LogP contribution in [0.25, 0.3) is 11.0 Å². The minimum Gasteiger partial charge on any atom is -0.345 e. The van der Waals surface area contributed by atoms with Crippen LogP contribution in [0.3, 0.4) is 0 Å². The van der Waals surface area contributed by atoms with Crippen LogP contribution in [-0.4, -0.2) is 20.4 Å². The highest BCUT2D eigenvalue weighted by Gasteiger charge is 2.22. The number of halogens is 1. The van der Waals surface area contributed by atoms with Gasteiger partial charge < -0.3 is 9.88 Å². The summed E-state index contributed by atoms with van der Waals surface area (Å²) < 4.78 is 2.19. The van der Waals surface area contributed by atoms with E-state index in [2.05, 4.69) is 39.1 Å². The molecule has 0 saturated heterocycles. The van der Waals surface area contributed by atoms with Crippen LogP contribution in [0, 0.1) is 0 Å². The molecule has 0 radical (unpaired) electrons. The molecule has 2 aromatic heterocycles. The van der Waals surface area contributed by atoms with Crippen molar-refractivity contribution in [1.82, 2.24) is 19.9 Å². The first kappa shape index (κ1) is 24.7. The summed E-state index contributed by atoms with van der Waals surface area (Å²) in [5.41, 5.74) is 7.45. The third-order valence-corrected chi connectivity index (χ3v) is 8.33. The molecule has 1 atom stereocenters. The van der Waals surface area contributed by atoms with E-state index in [9.17, 15) is 4.79 Å². The Hall–Kier alpha value is -3.61. The molecule has 0 saturated carbocycles. The van der Waals surface area contributed by atoms with E-state index in [-0.39, 0.29) is 11.9 Å². The van der Waals surface area contributed by atoms with Crippen LogP contribution in [0.5, 0.6) is 0 Å². The molecule has 1 amide bonds. The third kappa shape index (κ3) is 5.33. The van der Waals surface area contributed by atoms with Crippen molar-refractivity contribution in [2.75, 3.05) is 0 Å². The van der Waals surface area contributed by atoms with Crippen molar-refractivity contribution >= 4 is 40.3 Å². The number of hydrogen-bond donors (Lipinski definition) is 1. The minimum absolute atomic E-state index is 0.0326. The summed E-state index contributed by atoms with van der Waals surface area (Å²) in [7, 11) is 0. The Labute approximate surface area is 231 Å². The van der Waals surface area contributed by atoms with Crippen LogP contribution in [0.15, 0.2) is 96.4 Å². The van der Waals surface area contributed by atoms with Crippen LogP contribution < -0.4 is 5.32 Å². The first-order chi connectivity index (χ1) is 18.6. The Bertz CT molecular complexity index is 1580. The number of aromatic nitrogens is 3. The summed E-state index contributed by atoms with van der Waals surface area (Å²) in [6.07, 6.45) is 6.77. The number of hydrogen-bond acceptors (Lipinski definition) is 4. The second-order valence-electron chi connectivity index (χ2n) is 9.57. The maximum Gasteiger partial charge on any atom is 0.251 e. The fourth-order valence-electron chi connectivity index (χ4n) is 5.03. The molecule has 1 N–H and O–H groups in total. The quantitative estimate of drug-likeness (QED) is 0.222. The van der Waals surface area contributed by atoms with Gasteiger partial charge in [0.1, 0.15) is 0 Å². The van der Waals surface area contributed by atoms with Crippen molar-refractivity contribution in [2.45, 2.75) is 42.8 Å². The van der Waals surface area contributed by atoms with Gasteiger partial charge in [-0.3, -0.25) is 9.78 Å². The summed E-state index contributed by atoms with van der Waals surface area (Å²) in [5.74, 6) is 0.756. The third-order valence-electron chi connectivity index (χ3n) is 7.03. The van der Waals surface area contributed by atoms with Crippen molar-refractivity contribution < 1.29 is 4.79 Å². The monoisotopic (exact) mass is 538 g/mol. The lowest BCUT2D eigenvalue weighted by atomic mass is 9.87. The van der Waals surface area contributed by atoms with Gasteiger partial charge in [-0.1, -0.05) is 71.9 Å². The van der Waals surface area contributed by atoms with Crippen LogP contribution in [0.4, 0.5) is 0 Å². The maximum atomic E-state index is 13.1. The molecule has 7 heteroatoms. The van der Waals surface area contributed by atoms with Gasteiger partial charge in [-0.25, -0.2) is 4.98 Å². The Morgan fingerprint density at radius 1 is 1.00 bits per heavy atom. The Balaban J connectivity index is 1.18. The van der Waals surface area contributed by atoms with Gasteiger partial charge in [0.05, 0.1) is 29.8 Å². The molecular formula is C31H27ClN4OS. The molecule has 190 valence electrons. The molecule has 0 aliphatic heterocycles. The molecule has 0 spiro atoms. The SMILES string of the molecule is O=C(NC1CCCc2ccccc21)c1ccc(Cn2c(SCc3ccc(Cl)cc3)nc3ccncc32)cc1. The number of nitrogens with one attached hydrogen (secondary N) is 1. The number of carbonyl (C=O) groups excluding carboxylic acids is 1. The van der Waals surface area contributed by atoms with Crippen LogP contribution in [0.2, 0.25) is 5.02 Å². The highest BCUT2D eigenvalue weighted by Crippen LogP contribution is 2.30.